The predicted molar refractivity (Wildman–Crippen MR) is 110 cm³/mol. The van der Waals surface area contributed by atoms with E-state index >= 15 is 0 Å². The molecule has 1 saturated heterocycles. The van der Waals surface area contributed by atoms with Crippen LogP contribution in [0.25, 0.3) is 0 Å². The van der Waals surface area contributed by atoms with E-state index < -0.39 is 0 Å². The molecule has 3 rings (SSSR count). The molecule has 0 bridgehead atoms. The van der Waals surface area contributed by atoms with Crippen LogP contribution >= 0.6 is 0 Å². The van der Waals surface area contributed by atoms with Crippen LogP contribution in [0.1, 0.15) is 55.1 Å². The van der Waals surface area contributed by atoms with Crippen molar-refractivity contribution in [2.24, 2.45) is 5.92 Å². The van der Waals surface area contributed by atoms with Gasteiger partial charge in [-0.1, -0.05) is 39.0 Å². The number of hydrogen-bond donors (Lipinski definition) is 1. The normalized spacial score (nSPS) is 15.3. The van der Waals surface area contributed by atoms with Crippen LogP contribution in [0.15, 0.2) is 48.8 Å². The fourth-order valence-electron chi connectivity index (χ4n) is 3.48. The van der Waals surface area contributed by atoms with Crippen LogP contribution < -0.4 is 5.32 Å². The van der Waals surface area contributed by atoms with Crippen molar-refractivity contribution in [1.82, 2.24) is 15.2 Å². The van der Waals surface area contributed by atoms with E-state index in [1.807, 2.05) is 41.3 Å². The largest absolute Gasteiger partial charge is 0.352 e. The second-order valence-electron chi connectivity index (χ2n) is 8.47. The van der Waals surface area contributed by atoms with Gasteiger partial charge in [0, 0.05) is 43.5 Å². The van der Waals surface area contributed by atoms with Crippen LogP contribution in [0.5, 0.6) is 0 Å². The Morgan fingerprint density at radius 2 is 1.79 bits per heavy atom. The molecule has 2 aromatic rings. The van der Waals surface area contributed by atoms with Crippen LogP contribution in [0.2, 0.25) is 0 Å². The molecule has 1 aromatic carbocycles. The fourth-order valence-corrected chi connectivity index (χ4v) is 3.48. The highest BCUT2D eigenvalue weighted by molar-refractivity contribution is 5.94. The van der Waals surface area contributed by atoms with Crippen LogP contribution in [-0.2, 0) is 16.8 Å². The summed E-state index contributed by atoms with van der Waals surface area (Å²) in [6.07, 6.45) is 4.87. The Bertz CT molecular complexity index is 802. The summed E-state index contributed by atoms with van der Waals surface area (Å²) in [5, 5.41) is 2.98. The van der Waals surface area contributed by atoms with Crippen molar-refractivity contribution < 1.29 is 9.59 Å². The monoisotopic (exact) mass is 379 g/mol. The highest BCUT2D eigenvalue weighted by Crippen LogP contribution is 2.24. The SMILES string of the molecule is CC(C)(C)c1ccc(C(=O)N2CCC(C(=O)NCc3cccnc3)CC2)cc1. The summed E-state index contributed by atoms with van der Waals surface area (Å²) in [7, 11) is 0. The van der Waals surface area contributed by atoms with Crippen LogP contribution in [0, 0.1) is 5.92 Å². The molecule has 0 radical (unpaired) electrons. The number of likely N-dealkylation sites (tertiary alicyclic amines) is 1. The molecule has 0 saturated carbocycles. The van der Waals surface area contributed by atoms with Gasteiger partial charge >= 0.3 is 0 Å². The van der Waals surface area contributed by atoms with Gasteiger partial charge in [-0.05, 0) is 47.6 Å². The maximum Gasteiger partial charge on any atom is 0.253 e. The lowest BCUT2D eigenvalue weighted by Gasteiger charge is -2.31. The fraction of sp³-hybridized carbons (Fsp3) is 0.435. The molecule has 1 aliphatic rings. The molecule has 1 fully saturated rings. The van der Waals surface area contributed by atoms with Crippen molar-refractivity contribution >= 4 is 11.8 Å². The van der Waals surface area contributed by atoms with Crippen molar-refractivity contribution in [1.29, 1.82) is 0 Å². The summed E-state index contributed by atoms with van der Waals surface area (Å²) >= 11 is 0. The first kappa shape index (κ1) is 20.1. The lowest BCUT2D eigenvalue weighted by molar-refractivity contribution is -0.126. The van der Waals surface area contributed by atoms with E-state index in [1.54, 1.807) is 12.4 Å². The van der Waals surface area contributed by atoms with Gasteiger partial charge < -0.3 is 10.2 Å². The van der Waals surface area contributed by atoms with Crippen molar-refractivity contribution in [3.8, 4) is 0 Å². The quantitative estimate of drug-likeness (QED) is 0.884. The first-order chi connectivity index (χ1) is 13.3. The van der Waals surface area contributed by atoms with Gasteiger partial charge in [0.1, 0.15) is 0 Å². The summed E-state index contributed by atoms with van der Waals surface area (Å²) in [5.74, 6) is 0.0733. The molecule has 0 spiro atoms. The first-order valence-electron chi connectivity index (χ1n) is 9.91. The number of hydrogen-bond acceptors (Lipinski definition) is 3. The van der Waals surface area contributed by atoms with E-state index in [4.69, 9.17) is 0 Å². The number of pyridine rings is 1. The van der Waals surface area contributed by atoms with E-state index in [1.165, 1.54) is 5.56 Å². The van der Waals surface area contributed by atoms with Gasteiger partial charge in [0.2, 0.25) is 5.91 Å². The molecule has 0 unspecified atom stereocenters. The standard InChI is InChI=1S/C23H29N3O2/c1-23(2,3)20-8-6-19(7-9-20)22(28)26-13-10-18(11-14-26)21(27)25-16-17-5-4-12-24-15-17/h4-9,12,15,18H,10-11,13-14,16H2,1-3H3,(H,25,27). The van der Waals surface area contributed by atoms with Gasteiger partial charge in [-0.3, -0.25) is 14.6 Å². The minimum Gasteiger partial charge on any atom is -0.352 e. The average molecular weight is 380 g/mol. The molecule has 28 heavy (non-hydrogen) atoms. The van der Waals surface area contributed by atoms with Crippen molar-refractivity contribution in [2.75, 3.05) is 13.1 Å². The molecule has 5 heteroatoms. The molecule has 0 aliphatic carbocycles. The smallest absolute Gasteiger partial charge is 0.253 e. The maximum atomic E-state index is 12.8. The molecule has 0 atom stereocenters. The molecule has 1 aromatic heterocycles. The molecule has 1 N–H and O–H groups in total. The number of benzene rings is 1. The van der Waals surface area contributed by atoms with E-state index in [-0.39, 0.29) is 23.1 Å². The third kappa shape index (κ3) is 4.97. The van der Waals surface area contributed by atoms with Crippen molar-refractivity contribution in [2.45, 2.75) is 45.6 Å². The lowest BCUT2D eigenvalue weighted by atomic mass is 9.86. The summed E-state index contributed by atoms with van der Waals surface area (Å²) in [4.78, 5) is 31.1. The van der Waals surface area contributed by atoms with E-state index in [9.17, 15) is 9.59 Å². The molecule has 2 amide bonds. The van der Waals surface area contributed by atoms with E-state index in [0.717, 1.165) is 5.56 Å². The van der Waals surface area contributed by atoms with Gasteiger partial charge in [0.15, 0.2) is 0 Å². The Balaban J connectivity index is 1.50. The Hall–Kier alpha value is -2.69. The number of amides is 2. The van der Waals surface area contributed by atoms with E-state index in [2.05, 4.69) is 31.1 Å². The van der Waals surface area contributed by atoms with Crippen LogP contribution in [0.3, 0.4) is 0 Å². The first-order valence-corrected chi connectivity index (χ1v) is 9.91. The topological polar surface area (TPSA) is 62.3 Å². The lowest BCUT2D eigenvalue weighted by Crippen LogP contribution is -2.42. The summed E-state index contributed by atoms with van der Waals surface area (Å²) < 4.78 is 0. The number of carbonyl (C=O) groups is 2. The molecule has 148 valence electrons. The second kappa shape index (κ2) is 8.55. The van der Waals surface area contributed by atoms with Gasteiger partial charge in [-0.2, -0.15) is 0 Å². The highest BCUT2D eigenvalue weighted by atomic mass is 16.2. The zero-order chi connectivity index (χ0) is 20.1. The van der Waals surface area contributed by atoms with E-state index in [0.29, 0.717) is 38.0 Å². The van der Waals surface area contributed by atoms with Crippen LogP contribution in [0.4, 0.5) is 0 Å². The summed E-state index contributed by atoms with van der Waals surface area (Å²) in [5.41, 5.74) is 2.99. The molecular weight excluding hydrogens is 350 g/mol. The predicted octanol–water partition coefficient (Wildman–Crippen LogP) is 3.55. The van der Waals surface area contributed by atoms with Gasteiger partial charge in [0.25, 0.3) is 5.91 Å². The average Bonchev–Trinajstić information content (AvgIpc) is 2.72. The molecule has 2 heterocycles. The highest BCUT2D eigenvalue weighted by Gasteiger charge is 2.28. The van der Waals surface area contributed by atoms with Gasteiger partial charge in [-0.25, -0.2) is 0 Å². The third-order valence-electron chi connectivity index (χ3n) is 5.34. The van der Waals surface area contributed by atoms with Gasteiger partial charge in [0.05, 0.1) is 0 Å². The number of nitrogens with one attached hydrogen (secondary N) is 1. The van der Waals surface area contributed by atoms with Crippen molar-refractivity contribution in [3.63, 3.8) is 0 Å². The molecular formula is C23H29N3O2. The second-order valence-corrected chi connectivity index (χ2v) is 8.47. The Kier molecular flexibility index (Phi) is 6.12. The number of rotatable bonds is 4. The zero-order valence-corrected chi connectivity index (χ0v) is 16.9. The van der Waals surface area contributed by atoms with Crippen molar-refractivity contribution in [3.05, 3.63) is 65.5 Å². The number of aromatic nitrogens is 1. The number of nitrogens with zero attached hydrogens (tertiary/aromatic N) is 2. The summed E-state index contributed by atoms with van der Waals surface area (Å²) in [6.45, 7) is 8.21. The molecule has 5 nitrogen and oxygen atoms in total. The maximum absolute atomic E-state index is 12.8. The minimum atomic E-state index is -0.0380. The Morgan fingerprint density at radius 3 is 2.36 bits per heavy atom. The number of carbonyl (C=O) groups excluding carboxylic acids is 2. The number of piperidine rings is 1. The summed E-state index contributed by atoms with van der Waals surface area (Å²) in [6, 6.07) is 11.7. The molecule has 1 aliphatic heterocycles. The Morgan fingerprint density at radius 1 is 1.11 bits per heavy atom. The van der Waals surface area contributed by atoms with Crippen LogP contribution in [-0.4, -0.2) is 34.8 Å². The third-order valence-corrected chi connectivity index (χ3v) is 5.34. The minimum absolute atomic E-state index is 0.0380. The van der Waals surface area contributed by atoms with Gasteiger partial charge in [-0.15, -0.1) is 0 Å². The zero-order valence-electron chi connectivity index (χ0n) is 16.9. The Labute approximate surface area is 167 Å².